The number of esters is 1. The van der Waals surface area contributed by atoms with Crippen LogP contribution in [0.15, 0.2) is 6.33 Å². The van der Waals surface area contributed by atoms with Crippen LogP contribution >= 0.6 is 22.6 Å². The van der Waals surface area contributed by atoms with Crippen molar-refractivity contribution in [1.82, 2.24) is 19.7 Å². The summed E-state index contributed by atoms with van der Waals surface area (Å²) in [5.41, 5.74) is 6.27. The molecule has 18 heavy (non-hydrogen) atoms. The fourth-order valence-corrected chi connectivity index (χ4v) is 2.20. The Bertz CT molecular complexity index is 579. The number of carbonyl (C=O) groups is 1. The maximum Gasteiger partial charge on any atom is 1.00 e. The second kappa shape index (κ2) is 6.64. The molecule has 7 nitrogen and oxygen atoms in total. The molecule has 0 aliphatic heterocycles. The van der Waals surface area contributed by atoms with E-state index in [1.165, 1.54) is 11.0 Å². The second-order valence-corrected chi connectivity index (χ2v) is 4.23. The zero-order chi connectivity index (χ0) is 12.4. The van der Waals surface area contributed by atoms with Crippen LogP contribution in [-0.2, 0) is 16.1 Å². The number of anilines is 1. The number of fused-ring (bicyclic) bond motifs is 1. The third kappa shape index (κ3) is 3.11. The number of hydrogen-bond donors (Lipinski definition) is 1. The predicted molar refractivity (Wildman–Crippen MR) is 70.2 cm³/mol. The Balaban J connectivity index is 0.00000162. The number of carbonyl (C=O) groups excluding carboxylic acids is 1. The number of nitrogen functional groups attached to an aromatic ring is 1. The van der Waals surface area contributed by atoms with E-state index < -0.39 is 0 Å². The number of ether oxygens (including phenoxy) is 1. The Kier molecular flexibility index (Phi) is 5.76. The van der Waals surface area contributed by atoms with Crippen LogP contribution < -0.4 is 35.3 Å². The first kappa shape index (κ1) is 15.6. The number of aromatic nitrogens is 4. The molecule has 92 valence electrons. The van der Waals surface area contributed by atoms with Crippen molar-refractivity contribution in [2.45, 2.75) is 13.5 Å². The number of rotatable bonds is 3. The van der Waals surface area contributed by atoms with E-state index in [9.17, 15) is 4.79 Å². The van der Waals surface area contributed by atoms with Crippen molar-refractivity contribution >= 4 is 45.4 Å². The van der Waals surface area contributed by atoms with Gasteiger partial charge in [0.25, 0.3) is 0 Å². The molecule has 0 radical (unpaired) electrons. The van der Waals surface area contributed by atoms with E-state index in [0.29, 0.717) is 27.2 Å². The molecule has 0 atom stereocenters. The van der Waals surface area contributed by atoms with Crippen molar-refractivity contribution in [3.05, 3.63) is 10.0 Å². The molecule has 2 aromatic rings. The molecule has 2 heterocycles. The molecule has 0 unspecified atom stereocenters. The molecular weight excluding hydrogens is 360 g/mol. The zero-order valence-electron chi connectivity index (χ0n) is 11.1. The van der Waals surface area contributed by atoms with Crippen LogP contribution in [0.4, 0.5) is 5.82 Å². The molecule has 0 aliphatic rings. The van der Waals surface area contributed by atoms with E-state index >= 15 is 0 Å². The largest absolute Gasteiger partial charge is 1.00 e. The minimum atomic E-state index is -0.356. The smallest absolute Gasteiger partial charge is 1.00 e. The van der Waals surface area contributed by atoms with Gasteiger partial charge in [-0.15, -0.1) is 0 Å². The van der Waals surface area contributed by atoms with E-state index in [0.717, 1.165) is 0 Å². The van der Waals surface area contributed by atoms with Crippen molar-refractivity contribution in [3.63, 3.8) is 0 Å². The summed E-state index contributed by atoms with van der Waals surface area (Å²) in [7, 11) is 0. The normalized spacial score (nSPS) is 10.1. The molecular formula is C9H11IN5NaO2. The van der Waals surface area contributed by atoms with Gasteiger partial charge < -0.3 is 11.9 Å². The van der Waals surface area contributed by atoms with Gasteiger partial charge in [0.2, 0.25) is 0 Å². The van der Waals surface area contributed by atoms with E-state index in [2.05, 4.69) is 15.1 Å². The quantitative estimate of drug-likeness (QED) is 0.370. The Morgan fingerprint density at radius 1 is 1.61 bits per heavy atom. The van der Waals surface area contributed by atoms with E-state index in [1.54, 1.807) is 6.92 Å². The SMILES string of the molecule is CCOC(=O)Cn1nc(I)c2c(N)ncnc21.[H-].[Na+]. The number of nitrogens with two attached hydrogens (primary N) is 1. The van der Waals surface area contributed by atoms with Gasteiger partial charge in [-0.05, 0) is 29.5 Å². The average Bonchev–Trinajstić information content (AvgIpc) is 2.57. The monoisotopic (exact) mass is 371 g/mol. The van der Waals surface area contributed by atoms with Gasteiger partial charge in [0.05, 0.1) is 12.0 Å². The molecule has 0 amide bonds. The van der Waals surface area contributed by atoms with Crippen molar-refractivity contribution in [2.24, 2.45) is 0 Å². The molecule has 0 fully saturated rings. The van der Waals surface area contributed by atoms with Crippen LogP contribution in [0.3, 0.4) is 0 Å². The molecule has 0 aromatic carbocycles. The van der Waals surface area contributed by atoms with Crippen LogP contribution in [-0.4, -0.2) is 32.3 Å². The summed E-state index contributed by atoms with van der Waals surface area (Å²) in [6.45, 7) is 2.11. The van der Waals surface area contributed by atoms with Crippen LogP contribution in [0.25, 0.3) is 11.0 Å². The number of nitrogens with zero attached hydrogens (tertiary/aromatic N) is 4. The zero-order valence-corrected chi connectivity index (χ0v) is 14.2. The van der Waals surface area contributed by atoms with E-state index in [4.69, 9.17) is 10.5 Å². The van der Waals surface area contributed by atoms with Gasteiger partial charge in [-0.2, -0.15) is 5.10 Å². The molecule has 2 N–H and O–H groups in total. The standard InChI is InChI=1S/C9H10IN5O2.Na.H/c1-2-17-5(16)3-15-9-6(7(10)14-15)8(11)12-4-13-9;;/h4H,2-3H2,1H3,(H2,11,12,13);;/q;+1;-1. The topological polar surface area (TPSA) is 95.9 Å². The van der Waals surface area contributed by atoms with Gasteiger partial charge in [0.1, 0.15) is 22.4 Å². The van der Waals surface area contributed by atoms with Gasteiger partial charge in [0, 0.05) is 0 Å². The number of hydrogen-bond acceptors (Lipinski definition) is 6. The summed E-state index contributed by atoms with van der Waals surface area (Å²) in [5.74, 6) is -0.00000690. The predicted octanol–water partition coefficient (Wildman–Crippen LogP) is -2.31. The van der Waals surface area contributed by atoms with Crippen molar-refractivity contribution in [3.8, 4) is 0 Å². The summed E-state index contributed by atoms with van der Waals surface area (Å²) < 4.78 is 6.99. The summed E-state index contributed by atoms with van der Waals surface area (Å²) in [5, 5.41) is 4.86. The van der Waals surface area contributed by atoms with E-state index in [1.807, 2.05) is 22.6 Å². The van der Waals surface area contributed by atoms with Gasteiger partial charge in [-0.1, -0.05) is 0 Å². The minimum absolute atomic E-state index is 0. The van der Waals surface area contributed by atoms with Crippen LogP contribution in [0.1, 0.15) is 8.35 Å². The minimum Gasteiger partial charge on any atom is -1.00 e. The Labute approximate surface area is 140 Å². The average molecular weight is 371 g/mol. The first-order valence-corrected chi connectivity index (χ1v) is 5.99. The van der Waals surface area contributed by atoms with Crippen molar-refractivity contribution in [2.75, 3.05) is 12.3 Å². The number of halogens is 1. The van der Waals surface area contributed by atoms with Crippen LogP contribution in [0.5, 0.6) is 0 Å². The molecule has 0 bridgehead atoms. The van der Waals surface area contributed by atoms with Gasteiger partial charge in [0.15, 0.2) is 5.65 Å². The summed E-state index contributed by atoms with van der Waals surface area (Å²) >= 11 is 2.03. The van der Waals surface area contributed by atoms with Crippen LogP contribution in [0.2, 0.25) is 0 Å². The Morgan fingerprint density at radius 2 is 2.33 bits per heavy atom. The maximum absolute atomic E-state index is 11.4. The van der Waals surface area contributed by atoms with Gasteiger partial charge >= 0.3 is 35.5 Å². The molecule has 0 saturated carbocycles. The Hall–Kier alpha value is -0.450. The summed E-state index contributed by atoms with van der Waals surface area (Å²) in [6, 6.07) is 0. The molecule has 2 aromatic heterocycles. The van der Waals surface area contributed by atoms with Crippen LogP contribution in [0, 0.1) is 3.70 Å². The third-order valence-electron chi connectivity index (χ3n) is 2.10. The molecule has 9 heteroatoms. The van der Waals surface area contributed by atoms with E-state index in [-0.39, 0.29) is 43.5 Å². The van der Waals surface area contributed by atoms with Crippen molar-refractivity contribution < 1.29 is 40.5 Å². The fraction of sp³-hybridized carbons (Fsp3) is 0.333. The second-order valence-electron chi connectivity index (χ2n) is 3.21. The third-order valence-corrected chi connectivity index (χ3v) is 2.86. The van der Waals surface area contributed by atoms with Crippen molar-refractivity contribution in [1.29, 1.82) is 0 Å². The maximum atomic E-state index is 11.4. The summed E-state index contributed by atoms with van der Waals surface area (Å²) in [6.07, 6.45) is 1.34. The fourth-order valence-electron chi connectivity index (χ4n) is 1.43. The first-order chi connectivity index (χ1) is 8.13. The summed E-state index contributed by atoms with van der Waals surface area (Å²) in [4.78, 5) is 19.4. The Morgan fingerprint density at radius 3 is 3.00 bits per heavy atom. The van der Waals surface area contributed by atoms with Gasteiger partial charge in [-0.25, -0.2) is 14.6 Å². The first-order valence-electron chi connectivity index (χ1n) is 4.91. The molecule has 0 spiro atoms. The molecule has 0 aliphatic carbocycles. The molecule has 2 rings (SSSR count). The van der Waals surface area contributed by atoms with Gasteiger partial charge in [-0.3, -0.25) is 4.79 Å². The molecule has 0 saturated heterocycles.